The van der Waals surface area contributed by atoms with Crippen molar-refractivity contribution in [3.8, 4) is 0 Å². The number of phosphoric acid groups is 7. The van der Waals surface area contributed by atoms with Crippen LogP contribution in [-0.2, 0) is 130 Å². The molecule has 0 amide bonds. The summed E-state index contributed by atoms with van der Waals surface area (Å²) < 4.78 is 216. The third kappa shape index (κ3) is 27.5. The second kappa shape index (κ2) is 44.8. The molecule has 0 aromatic carbocycles. The molecule has 17 N–H and O–H groups in total. The number of nitrogens with two attached hydrogens (primary N) is 1. The summed E-state index contributed by atoms with van der Waals surface area (Å²) in [4.78, 5) is 282. The number of H-pyrrole nitrogens is 6. The molecule has 6 unspecified atom stereocenters. The zero-order valence-corrected chi connectivity index (χ0v) is 83.0. The van der Waals surface area contributed by atoms with Crippen LogP contribution >= 0.6 is 54.8 Å². The number of aryl methyl sites for hydroxylation is 7. The number of hydrogen-bond acceptors (Lipinski definition) is 43. The van der Waals surface area contributed by atoms with Gasteiger partial charge in [0.2, 0.25) is 0 Å². The van der Waals surface area contributed by atoms with E-state index >= 15 is 0 Å². The van der Waals surface area contributed by atoms with Crippen LogP contribution < -0.4 is 84.5 Å². The number of rotatable bonds is 43. The van der Waals surface area contributed by atoms with E-state index in [-0.39, 0.29) is 64.9 Å². The first-order valence-corrected chi connectivity index (χ1v) is 54.1. The van der Waals surface area contributed by atoms with Gasteiger partial charge in [-0.2, -0.15) is 0 Å². The highest BCUT2D eigenvalue weighted by Gasteiger charge is 2.53. The van der Waals surface area contributed by atoms with Gasteiger partial charge in [0.15, 0.2) is 0 Å². The van der Waals surface area contributed by atoms with Crippen molar-refractivity contribution in [2.24, 2.45) is 5.73 Å². The molecule has 145 heavy (non-hydrogen) atoms. The topological polar surface area (TPSA) is 885 Å². The average molecular weight is 2200 g/mol. The fraction of sp³-hybridized carbons (Fsp3) is 0.616. The van der Waals surface area contributed by atoms with Crippen molar-refractivity contribution in [2.45, 2.75) is 235 Å². The lowest BCUT2D eigenvalue weighted by atomic mass is 10.2. The largest absolute Gasteiger partial charge is 0.472 e. The Morgan fingerprint density at radius 3 is 0.710 bits per heavy atom. The Bertz CT molecular complexity index is 7320. The summed E-state index contributed by atoms with van der Waals surface area (Å²) in [6.07, 6.45) is -33.4. The van der Waals surface area contributed by atoms with Crippen LogP contribution in [0, 0.1) is 48.5 Å². The van der Waals surface area contributed by atoms with Crippen molar-refractivity contribution in [3.63, 3.8) is 0 Å². The van der Waals surface area contributed by atoms with Crippen LogP contribution in [0.25, 0.3) is 0 Å². The zero-order valence-electron chi connectivity index (χ0n) is 76.7. The van der Waals surface area contributed by atoms with Crippen molar-refractivity contribution in [1.82, 2.24) is 66.4 Å². The summed E-state index contributed by atoms with van der Waals surface area (Å²) in [7, 11) is -39.5. The van der Waals surface area contributed by atoms with Gasteiger partial charge in [-0.15, -0.1) is 0 Å². The van der Waals surface area contributed by atoms with Gasteiger partial charge in [0.05, 0.1) is 52.4 Å². The highest BCUT2D eigenvalue weighted by molar-refractivity contribution is 7.49. The van der Waals surface area contributed by atoms with E-state index < -0.39 is 347 Å². The van der Waals surface area contributed by atoms with E-state index in [1.807, 2.05) is 24.9 Å². The van der Waals surface area contributed by atoms with E-state index in [1.54, 1.807) is 0 Å². The molecule has 7 saturated heterocycles. The van der Waals surface area contributed by atoms with Crippen LogP contribution in [0.1, 0.15) is 134 Å². The molecule has 72 heteroatoms. The average Bonchev–Trinajstić information content (AvgIpc) is 1.68. The summed E-state index contributed by atoms with van der Waals surface area (Å²) in [6.45, 7) is 0.560. The molecule has 27 atom stereocenters. The van der Waals surface area contributed by atoms with Crippen molar-refractivity contribution < 1.29 is 168 Å². The first kappa shape index (κ1) is 112. The van der Waals surface area contributed by atoms with Crippen molar-refractivity contribution in [3.05, 3.63) is 228 Å². The Morgan fingerprint density at radius 1 is 0.297 bits per heavy atom. The molecule has 7 aromatic heterocycles. The van der Waals surface area contributed by atoms with Gasteiger partial charge in [-0.05, 0) is 61.4 Å². The molecule has 7 aliphatic heterocycles. The summed E-state index contributed by atoms with van der Waals surface area (Å²) in [6, 6.07) is 0. The standard InChI is InChI=1S/C73H100N15O50P7/c1-32-18-82(67(97)75-60(32)90)53-11-39(89)46(126-53)25-120-140(107,108)134-41-13-55(84-20-34(3)62(92)77-69(84)99)128-48(41)27-122-142(111,112)136-43-15-57(86-22-36(5)64(94)79-71(86)101)131-51(43)30-124-145(117,118)138-45-17-59(88-24-38(7)66(96)81(73(88)103)10-8-9-74)132-52(45)31-125-144(115,116)137-44-16-58(87-23-37(6)65(95)80-72(87)102)130-50(44)29-123-143(113,114)135-42-14-56(85-21-35(4)63(93)78-70(85)100)129-49(42)28-121-141(109,110)133-40-12-54(127-47(40)26-119-139(104,105)106)83-19-33(2)61(91)76-68(83)98/h18-24,39-59,89H,8-17,25-31,74H2,1-7H3,(H,107,108)(H,109,110)(H,111,112)(H,113,114)(H,115,116)(H,117,118)(H,75,90,97)(H,76,91,98)(H,77,92,99)(H,78,93,100)(H,79,94,101)(H,80,95,102)(H2,104,105,106)/t39-,40-,41-,42-,43-,44-,45-,46+,47+,48+,49+,50+,51+,52+,53+,54+,55+,56+,57+,58+,59+/m0/s1. The Morgan fingerprint density at radius 2 is 0.490 bits per heavy atom. The van der Waals surface area contributed by atoms with E-state index in [2.05, 4.69) is 9.51 Å². The number of nitrogens with zero attached hydrogens (tertiary/aromatic N) is 8. The molecule has 7 fully saturated rings. The van der Waals surface area contributed by atoms with Crippen LogP contribution in [0.3, 0.4) is 0 Å². The molecular formula is C73H100N15O50P7. The molecule has 802 valence electrons. The minimum atomic E-state index is -5.85. The second-order valence-corrected chi connectivity index (χ2v) is 44.0. The van der Waals surface area contributed by atoms with E-state index in [9.17, 15) is 143 Å². The summed E-state index contributed by atoms with van der Waals surface area (Å²) in [5, 5.41) is 10.9. The molecule has 14 heterocycles. The van der Waals surface area contributed by atoms with E-state index in [4.69, 9.17) is 93.2 Å². The lowest BCUT2D eigenvalue weighted by Gasteiger charge is -2.26. The minimum absolute atomic E-state index is 0.0251. The van der Waals surface area contributed by atoms with Gasteiger partial charge < -0.3 is 83.1 Å². The summed E-state index contributed by atoms with van der Waals surface area (Å²) in [5.74, 6) is 0. The molecule has 65 nitrogen and oxygen atoms in total. The van der Waals surface area contributed by atoms with E-state index in [1.165, 1.54) is 48.5 Å². The number of aliphatic hydroxyl groups excluding tert-OH is 1. The summed E-state index contributed by atoms with van der Waals surface area (Å²) >= 11 is 0. The fourth-order valence-corrected chi connectivity index (χ4v) is 22.5. The quantitative estimate of drug-likeness (QED) is 0.0164. The van der Waals surface area contributed by atoms with Crippen LogP contribution in [0.15, 0.2) is 111 Å². The molecule has 0 spiro atoms. The van der Waals surface area contributed by atoms with E-state index in [0.29, 0.717) is 0 Å². The molecule has 7 aliphatic rings. The highest BCUT2D eigenvalue weighted by atomic mass is 31.2. The number of aromatic amines is 6. The Balaban J connectivity index is 0.680. The van der Waals surface area contributed by atoms with Crippen LogP contribution in [0.4, 0.5) is 0 Å². The predicted molar refractivity (Wildman–Crippen MR) is 477 cm³/mol. The fourth-order valence-electron chi connectivity index (χ4n) is 16.4. The Labute approximate surface area is 808 Å². The molecule has 0 radical (unpaired) electrons. The molecule has 0 bridgehead atoms. The normalized spacial score (nSPS) is 29.1. The van der Waals surface area contributed by atoms with E-state index in [0.717, 1.165) is 79.9 Å². The SMILES string of the molecule is Cc1cn([C@H]2C[C@H](OP(=O)(O)OC[C@H]3O[C@@H](n4cc(C)c(=O)[nH]c4=O)C[C@@H]3OP(=O)(O)OC[C@H]3O[C@@H](n4cc(C)c(=O)[nH]c4=O)C[C@@H]3OP(=O)(O)OC[C@H]3O[C@@H](n4cc(C)c(=O)n(CCCN)c4=O)C[C@@H]3OP(=O)(O)OC[C@H]3O[C@@H](n4cc(C)c(=O)[nH]c4=O)C[C@@H]3OP(=O)(O)OC[C@H]3O[C@@H](n4cc(C)c(=O)[nH]c4=O)C[C@@H]3OP(=O)(O)OC[C@H]3O[C@@H](n4cc(C)c(=O)[nH]c4=O)C[C@@H]3O)[C@@H](COP(=O)(O)O)O2)c(=O)[nH]c1=O. The van der Waals surface area contributed by atoms with Gasteiger partial charge in [-0.3, -0.25) is 159 Å². The zero-order chi connectivity index (χ0) is 106. The lowest BCUT2D eigenvalue weighted by Crippen LogP contribution is -2.42. The first-order valence-electron chi connectivity index (χ1n) is 43.6. The van der Waals surface area contributed by atoms with Gasteiger partial charge in [-0.25, -0.2) is 65.5 Å². The van der Waals surface area contributed by atoms with Gasteiger partial charge in [-0.1, -0.05) is 0 Å². The van der Waals surface area contributed by atoms with Crippen molar-refractivity contribution >= 4 is 54.8 Å². The predicted octanol–water partition coefficient (Wildman–Crippen LogP) is -3.69. The van der Waals surface area contributed by atoms with Crippen LogP contribution in [0.2, 0.25) is 0 Å². The number of nitrogens with one attached hydrogen (secondary N) is 6. The van der Waals surface area contributed by atoms with Crippen LogP contribution in [-0.4, -0.2) is 249 Å². The molecule has 14 rings (SSSR count). The second-order valence-electron chi connectivity index (χ2n) is 34.3. The maximum atomic E-state index is 14.7. The Hall–Kier alpha value is -8.83. The third-order valence-electron chi connectivity index (χ3n) is 23.7. The van der Waals surface area contributed by atoms with Crippen molar-refractivity contribution in [1.29, 1.82) is 0 Å². The smallest absolute Gasteiger partial charge is 0.390 e. The molecule has 0 saturated carbocycles. The number of phosphoric ester groups is 7. The minimum Gasteiger partial charge on any atom is -0.390 e. The summed E-state index contributed by atoms with van der Waals surface area (Å²) in [5.41, 5.74) is -8.03. The number of aliphatic hydroxyl groups is 1. The van der Waals surface area contributed by atoms with Gasteiger partial charge in [0, 0.05) is 134 Å². The molecule has 0 aliphatic carbocycles. The Kier molecular flexibility index (Phi) is 34.5. The number of ether oxygens (including phenoxy) is 7. The molecular weight excluding hydrogens is 2100 g/mol. The van der Waals surface area contributed by atoms with Gasteiger partial charge >= 0.3 is 94.6 Å². The van der Waals surface area contributed by atoms with Gasteiger partial charge in [0.1, 0.15) is 123 Å². The maximum absolute atomic E-state index is 14.7. The lowest BCUT2D eigenvalue weighted by molar-refractivity contribution is -0.0662. The number of aromatic nitrogens is 14. The van der Waals surface area contributed by atoms with Crippen molar-refractivity contribution in [2.75, 3.05) is 52.8 Å². The maximum Gasteiger partial charge on any atom is 0.472 e. The molecule has 7 aromatic rings. The monoisotopic (exact) mass is 2200 g/mol. The highest BCUT2D eigenvalue weighted by Crippen LogP contribution is 2.58. The third-order valence-corrected chi connectivity index (χ3v) is 30.3. The first-order chi connectivity index (χ1) is 67.8. The number of hydrogen-bond donors (Lipinski definition) is 16. The van der Waals surface area contributed by atoms with Gasteiger partial charge in [0.25, 0.3) is 38.9 Å². The van der Waals surface area contributed by atoms with Crippen LogP contribution in [0.5, 0.6) is 0 Å².